The van der Waals surface area contributed by atoms with Crippen LogP contribution in [0.3, 0.4) is 0 Å². The molecular weight excluding hydrogens is 622 g/mol. The number of nitrogens with one attached hydrogen (secondary N) is 1. The molecule has 2 aromatic carbocycles. The molecule has 0 bridgehead atoms. The maximum absolute atomic E-state index is 12.6. The summed E-state index contributed by atoms with van der Waals surface area (Å²) in [6, 6.07) is 18.8. The van der Waals surface area contributed by atoms with Gasteiger partial charge in [-0.15, -0.1) is 0 Å². The lowest BCUT2D eigenvalue weighted by Gasteiger charge is -2.40. The molecule has 1 amide bonds. The highest BCUT2D eigenvalue weighted by Crippen LogP contribution is 2.39. The Morgan fingerprint density at radius 3 is 2.08 bits per heavy atom. The van der Waals surface area contributed by atoms with Gasteiger partial charge in [0.2, 0.25) is 5.91 Å². The second-order valence-electron chi connectivity index (χ2n) is 12.9. The molecule has 0 radical (unpaired) electrons. The number of carbonyl (C=O) groups excluding carboxylic acids is 1. The minimum absolute atomic E-state index is 0.203. The number of benzene rings is 2. The minimum atomic E-state index is -1.05. The lowest BCUT2D eigenvalue weighted by molar-refractivity contribution is -0.263. The van der Waals surface area contributed by atoms with Crippen LogP contribution in [0.4, 0.5) is 0 Å². The Labute approximate surface area is 282 Å². The summed E-state index contributed by atoms with van der Waals surface area (Å²) in [5.74, 6) is -1.68. The van der Waals surface area contributed by atoms with Crippen molar-refractivity contribution in [3.05, 3.63) is 83.6 Å². The Morgan fingerprint density at radius 2 is 1.50 bits per heavy atom. The van der Waals surface area contributed by atoms with Crippen molar-refractivity contribution in [2.24, 2.45) is 0 Å². The highest BCUT2D eigenvalue weighted by molar-refractivity contribution is 5.73. The Morgan fingerprint density at radius 1 is 0.875 bits per heavy atom. The number of hydrogen-bond donors (Lipinski definition) is 1. The number of amides is 1. The van der Waals surface area contributed by atoms with Gasteiger partial charge in [0.05, 0.1) is 19.8 Å². The number of rotatable bonds is 15. The summed E-state index contributed by atoms with van der Waals surface area (Å²) in [7, 11) is 3.07. The molecule has 264 valence electrons. The standard InChI is InChI=1S/C36H49NO11/c1-23(38)37-29-27(42-20-25-16-12-9-13-17-25)18-26(21-41-19-24-14-10-8-11-15-24)44-33(29)45-30(28-22-43-35(2,3)46-28)31-32(34(39-6)40-7)48-36(4,5)47-31/h8-18,26,28-34H,19-22H2,1-7H3,(H,37,38)/t26-,28-,29-,30?,31-,32+,33-/m0/s1. The summed E-state index contributed by atoms with van der Waals surface area (Å²) in [6.45, 7) is 9.79. The van der Waals surface area contributed by atoms with Crippen molar-refractivity contribution in [1.29, 1.82) is 0 Å². The van der Waals surface area contributed by atoms with Gasteiger partial charge in [0.1, 0.15) is 48.9 Å². The predicted molar refractivity (Wildman–Crippen MR) is 173 cm³/mol. The van der Waals surface area contributed by atoms with E-state index in [2.05, 4.69) is 5.32 Å². The summed E-state index contributed by atoms with van der Waals surface area (Å²) in [4.78, 5) is 12.6. The maximum Gasteiger partial charge on any atom is 0.217 e. The zero-order valence-corrected chi connectivity index (χ0v) is 28.8. The maximum atomic E-state index is 12.6. The van der Waals surface area contributed by atoms with Crippen molar-refractivity contribution >= 4 is 5.91 Å². The van der Waals surface area contributed by atoms with E-state index in [9.17, 15) is 4.79 Å². The summed E-state index contributed by atoms with van der Waals surface area (Å²) in [5, 5.41) is 2.98. The van der Waals surface area contributed by atoms with Gasteiger partial charge in [-0.2, -0.15) is 0 Å². The van der Waals surface area contributed by atoms with E-state index >= 15 is 0 Å². The zero-order valence-electron chi connectivity index (χ0n) is 28.8. The Bertz CT molecular complexity index is 1330. The summed E-state index contributed by atoms with van der Waals surface area (Å²) < 4.78 is 62.2. The fourth-order valence-corrected chi connectivity index (χ4v) is 6.07. The summed E-state index contributed by atoms with van der Waals surface area (Å²) in [5.41, 5.74) is 1.99. The molecule has 12 heteroatoms. The van der Waals surface area contributed by atoms with Crippen LogP contribution in [0.1, 0.15) is 45.7 Å². The summed E-state index contributed by atoms with van der Waals surface area (Å²) in [6.07, 6.45) is -3.46. The number of ether oxygens (including phenoxy) is 10. The van der Waals surface area contributed by atoms with E-state index in [1.165, 1.54) is 21.1 Å². The number of hydrogen-bond acceptors (Lipinski definition) is 11. The van der Waals surface area contributed by atoms with Gasteiger partial charge in [-0.25, -0.2) is 0 Å². The van der Waals surface area contributed by atoms with Crippen molar-refractivity contribution in [1.82, 2.24) is 5.32 Å². The van der Waals surface area contributed by atoms with Gasteiger partial charge >= 0.3 is 0 Å². The third-order valence-electron chi connectivity index (χ3n) is 8.15. The first-order valence-corrected chi connectivity index (χ1v) is 16.3. The molecule has 3 heterocycles. The minimum Gasteiger partial charge on any atom is -0.491 e. The van der Waals surface area contributed by atoms with Crippen LogP contribution < -0.4 is 5.32 Å². The summed E-state index contributed by atoms with van der Waals surface area (Å²) >= 11 is 0. The lowest BCUT2D eigenvalue weighted by Crippen LogP contribution is -2.57. The zero-order chi connectivity index (χ0) is 34.3. The van der Waals surface area contributed by atoms with E-state index in [0.29, 0.717) is 12.4 Å². The molecule has 0 aliphatic carbocycles. The first-order chi connectivity index (χ1) is 23.0. The molecule has 0 spiro atoms. The molecule has 7 atom stereocenters. The normalized spacial score (nSPS) is 28.6. The second-order valence-corrected chi connectivity index (χ2v) is 12.9. The monoisotopic (exact) mass is 671 g/mol. The molecule has 48 heavy (non-hydrogen) atoms. The topological polar surface area (TPSA) is 121 Å². The van der Waals surface area contributed by atoms with E-state index < -0.39 is 60.7 Å². The van der Waals surface area contributed by atoms with Gasteiger partial charge in [0, 0.05) is 21.1 Å². The molecular formula is C36H49NO11. The van der Waals surface area contributed by atoms with Gasteiger partial charge in [0.15, 0.2) is 24.2 Å². The van der Waals surface area contributed by atoms with Crippen LogP contribution in [0.2, 0.25) is 0 Å². The van der Waals surface area contributed by atoms with Crippen LogP contribution in [0.25, 0.3) is 0 Å². The van der Waals surface area contributed by atoms with E-state index in [4.69, 9.17) is 47.4 Å². The molecule has 0 saturated carbocycles. The molecule has 12 nitrogen and oxygen atoms in total. The average Bonchev–Trinajstić information content (AvgIpc) is 3.58. The average molecular weight is 672 g/mol. The third-order valence-corrected chi connectivity index (χ3v) is 8.15. The van der Waals surface area contributed by atoms with Crippen LogP contribution >= 0.6 is 0 Å². The highest BCUT2D eigenvalue weighted by atomic mass is 16.8. The van der Waals surface area contributed by atoms with Crippen LogP contribution in [0, 0.1) is 0 Å². The van der Waals surface area contributed by atoms with E-state index in [0.717, 1.165) is 11.1 Å². The van der Waals surface area contributed by atoms with Gasteiger partial charge in [-0.05, 0) is 44.9 Å². The Balaban J connectivity index is 1.46. The molecule has 2 aromatic rings. The van der Waals surface area contributed by atoms with Crippen LogP contribution in [0.15, 0.2) is 72.5 Å². The first-order valence-electron chi connectivity index (χ1n) is 16.3. The van der Waals surface area contributed by atoms with Crippen molar-refractivity contribution in [3.63, 3.8) is 0 Å². The van der Waals surface area contributed by atoms with Crippen molar-refractivity contribution in [3.8, 4) is 0 Å². The molecule has 2 saturated heterocycles. The van der Waals surface area contributed by atoms with Crippen LogP contribution in [-0.4, -0.2) is 94.1 Å². The van der Waals surface area contributed by atoms with Crippen molar-refractivity contribution in [2.45, 2.75) is 109 Å². The van der Waals surface area contributed by atoms with Gasteiger partial charge in [0.25, 0.3) is 0 Å². The van der Waals surface area contributed by atoms with Crippen LogP contribution in [0.5, 0.6) is 0 Å². The van der Waals surface area contributed by atoms with Crippen LogP contribution in [-0.2, 0) is 65.4 Å². The van der Waals surface area contributed by atoms with Gasteiger partial charge < -0.3 is 52.7 Å². The van der Waals surface area contributed by atoms with Crippen molar-refractivity contribution < 1.29 is 52.2 Å². The molecule has 1 unspecified atom stereocenters. The molecule has 0 aromatic heterocycles. The number of carbonyl (C=O) groups is 1. The Kier molecular flexibility index (Phi) is 12.3. The first kappa shape index (κ1) is 36.4. The fourth-order valence-electron chi connectivity index (χ4n) is 6.07. The van der Waals surface area contributed by atoms with Crippen molar-refractivity contribution in [2.75, 3.05) is 27.4 Å². The largest absolute Gasteiger partial charge is 0.491 e. The van der Waals surface area contributed by atoms with E-state index in [1.807, 2.05) is 94.4 Å². The predicted octanol–water partition coefficient (Wildman–Crippen LogP) is 4.21. The SMILES string of the molecule is COC(OC)[C@@H]1OC(C)(C)O[C@H]1C(O[C@@H]1O[C@H](COCc2ccccc2)C=C(OCc2ccccc2)[C@@H]1NC(C)=O)[C@@H]1COC(C)(C)O1. The third kappa shape index (κ3) is 9.62. The molecule has 5 rings (SSSR count). The lowest BCUT2D eigenvalue weighted by atomic mass is 10.0. The molecule has 3 aliphatic rings. The van der Waals surface area contributed by atoms with Gasteiger partial charge in [-0.1, -0.05) is 60.7 Å². The second kappa shape index (κ2) is 16.2. The molecule has 2 fully saturated rings. The molecule has 1 N–H and O–H groups in total. The molecule has 3 aliphatic heterocycles. The smallest absolute Gasteiger partial charge is 0.217 e. The van der Waals surface area contributed by atoms with E-state index in [1.54, 1.807) is 0 Å². The van der Waals surface area contributed by atoms with Gasteiger partial charge in [-0.3, -0.25) is 4.79 Å². The Hall–Kier alpha value is -2.91. The number of methoxy groups -OCH3 is 2. The van der Waals surface area contributed by atoms with E-state index in [-0.39, 0.29) is 25.7 Å². The quantitative estimate of drug-likeness (QED) is 0.274. The fraction of sp³-hybridized carbons (Fsp3) is 0.583. The highest BCUT2D eigenvalue weighted by Gasteiger charge is 2.55.